The second-order valence-corrected chi connectivity index (χ2v) is 4.04. The number of hydrogen-bond acceptors (Lipinski definition) is 4. The van der Waals surface area contributed by atoms with Gasteiger partial charge in [0.25, 0.3) is 0 Å². The van der Waals surface area contributed by atoms with Gasteiger partial charge < -0.3 is 9.47 Å². The predicted molar refractivity (Wildman–Crippen MR) is 67.0 cm³/mol. The molecule has 4 heteroatoms. The third kappa shape index (κ3) is 5.48. The maximum absolute atomic E-state index is 11.2. The fourth-order valence-corrected chi connectivity index (χ4v) is 1.68. The Morgan fingerprint density at radius 2 is 1.89 bits per heavy atom. The third-order valence-electron chi connectivity index (χ3n) is 2.55. The summed E-state index contributed by atoms with van der Waals surface area (Å²) < 4.78 is 9.69. The summed E-state index contributed by atoms with van der Waals surface area (Å²) in [5.41, 5.74) is 1.15. The van der Waals surface area contributed by atoms with E-state index in [1.165, 1.54) is 14.0 Å². The summed E-state index contributed by atoms with van der Waals surface area (Å²) in [6.45, 7) is 1.34. The molecule has 0 bridgehead atoms. The molecule has 0 N–H and O–H groups in total. The largest absolute Gasteiger partial charge is 0.469 e. The highest BCUT2D eigenvalue weighted by Gasteiger charge is 2.17. The van der Waals surface area contributed by atoms with Gasteiger partial charge >= 0.3 is 11.9 Å². The molecular formula is C14H18O4. The lowest BCUT2D eigenvalue weighted by molar-refractivity contribution is -0.152. The normalized spacial score (nSPS) is 11.7. The molecule has 18 heavy (non-hydrogen) atoms. The summed E-state index contributed by atoms with van der Waals surface area (Å²) >= 11 is 0. The zero-order valence-electron chi connectivity index (χ0n) is 10.7. The molecule has 98 valence electrons. The van der Waals surface area contributed by atoms with Crippen LogP contribution >= 0.6 is 0 Å². The monoisotopic (exact) mass is 250 g/mol. The second kappa shape index (κ2) is 7.48. The summed E-state index contributed by atoms with van der Waals surface area (Å²) in [5, 5.41) is 0. The van der Waals surface area contributed by atoms with Crippen LogP contribution in [0.15, 0.2) is 30.3 Å². The molecule has 0 saturated heterocycles. The van der Waals surface area contributed by atoms with Crippen molar-refractivity contribution in [3.63, 3.8) is 0 Å². The Balaban J connectivity index is 2.50. The van der Waals surface area contributed by atoms with Gasteiger partial charge in [-0.15, -0.1) is 0 Å². The quantitative estimate of drug-likeness (QED) is 0.726. The fraction of sp³-hybridized carbons (Fsp3) is 0.429. The molecule has 0 radical (unpaired) electrons. The van der Waals surface area contributed by atoms with E-state index in [1.807, 2.05) is 30.3 Å². The molecule has 0 heterocycles. The minimum absolute atomic E-state index is 0.100. The highest BCUT2D eigenvalue weighted by Crippen LogP contribution is 2.11. The number of aryl methyl sites for hydroxylation is 1. The molecule has 0 spiro atoms. The van der Waals surface area contributed by atoms with E-state index in [0.717, 1.165) is 12.0 Å². The minimum atomic E-state index is -0.421. The Morgan fingerprint density at radius 3 is 2.44 bits per heavy atom. The molecule has 0 fully saturated rings. The van der Waals surface area contributed by atoms with Crippen LogP contribution in [-0.2, 0) is 25.5 Å². The van der Waals surface area contributed by atoms with Gasteiger partial charge in [0.1, 0.15) is 6.10 Å². The van der Waals surface area contributed by atoms with Crippen molar-refractivity contribution in [1.82, 2.24) is 0 Å². The number of rotatable bonds is 6. The predicted octanol–water partition coefficient (Wildman–Crippen LogP) is 2.11. The van der Waals surface area contributed by atoms with Crippen molar-refractivity contribution in [2.24, 2.45) is 0 Å². The van der Waals surface area contributed by atoms with Crippen LogP contribution in [0.25, 0.3) is 0 Å². The number of ether oxygens (including phenoxy) is 2. The van der Waals surface area contributed by atoms with E-state index < -0.39 is 6.10 Å². The summed E-state index contributed by atoms with van der Waals surface area (Å²) in [6.07, 6.45) is 1.05. The van der Waals surface area contributed by atoms with E-state index in [1.54, 1.807) is 0 Å². The van der Waals surface area contributed by atoms with Gasteiger partial charge in [0.2, 0.25) is 0 Å². The SMILES string of the molecule is COC(=O)C[C@H](CCc1ccccc1)OC(C)=O. The highest BCUT2D eigenvalue weighted by atomic mass is 16.6. The zero-order valence-corrected chi connectivity index (χ0v) is 10.7. The molecule has 0 aliphatic rings. The van der Waals surface area contributed by atoms with Gasteiger partial charge in [-0.05, 0) is 18.4 Å². The first-order valence-electron chi connectivity index (χ1n) is 5.89. The van der Waals surface area contributed by atoms with E-state index in [-0.39, 0.29) is 18.4 Å². The summed E-state index contributed by atoms with van der Waals surface area (Å²) in [5.74, 6) is -0.744. The molecule has 1 rings (SSSR count). The number of methoxy groups -OCH3 is 1. The average molecular weight is 250 g/mol. The van der Waals surface area contributed by atoms with Crippen LogP contribution in [0, 0.1) is 0 Å². The minimum Gasteiger partial charge on any atom is -0.469 e. The highest BCUT2D eigenvalue weighted by molar-refractivity contribution is 5.71. The van der Waals surface area contributed by atoms with E-state index in [2.05, 4.69) is 4.74 Å². The van der Waals surface area contributed by atoms with Crippen molar-refractivity contribution < 1.29 is 19.1 Å². The smallest absolute Gasteiger partial charge is 0.309 e. The maximum atomic E-state index is 11.2. The first-order chi connectivity index (χ1) is 8.61. The van der Waals surface area contributed by atoms with Crippen molar-refractivity contribution in [3.8, 4) is 0 Å². The van der Waals surface area contributed by atoms with Crippen molar-refractivity contribution >= 4 is 11.9 Å². The molecule has 0 unspecified atom stereocenters. The van der Waals surface area contributed by atoms with Gasteiger partial charge in [-0.1, -0.05) is 30.3 Å². The molecule has 1 atom stereocenters. The fourth-order valence-electron chi connectivity index (χ4n) is 1.68. The Hall–Kier alpha value is -1.84. The number of carbonyl (C=O) groups excluding carboxylic acids is 2. The van der Waals surface area contributed by atoms with Crippen LogP contribution in [0.2, 0.25) is 0 Å². The van der Waals surface area contributed by atoms with Gasteiger partial charge in [-0.25, -0.2) is 0 Å². The molecule has 0 aliphatic carbocycles. The van der Waals surface area contributed by atoms with Crippen LogP contribution in [-0.4, -0.2) is 25.2 Å². The molecule has 0 aliphatic heterocycles. The average Bonchev–Trinajstić information content (AvgIpc) is 2.36. The lowest BCUT2D eigenvalue weighted by Gasteiger charge is -2.15. The van der Waals surface area contributed by atoms with Crippen LogP contribution in [0.1, 0.15) is 25.3 Å². The van der Waals surface area contributed by atoms with Crippen LogP contribution < -0.4 is 0 Å². The first kappa shape index (κ1) is 14.2. The van der Waals surface area contributed by atoms with Crippen LogP contribution in [0.5, 0.6) is 0 Å². The van der Waals surface area contributed by atoms with E-state index in [9.17, 15) is 9.59 Å². The molecule has 0 amide bonds. The van der Waals surface area contributed by atoms with Gasteiger partial charge in [-0.2, -0.15) is 0 Å². The summed E-state index contributed by atoms with van der Waals surface area (Å²) in [7, 11) is 1.32. The topological polar surface area (TPSA) is 52.6 Å². The Kier molecular flexibility index (Phi) is 5.91. The Labute approximate surface area is 107 Å². The number of esters is 2. The number of carbonyl (C=O) groups is 2. The maximum Gasteiger partial charge on any atom is 0.309 e. The van der Waals surface area contributed by atoms with Gasteiger partial charge in [0, 0.05) is 6.92 Å². The van der Waals surface area contributed by atoms with E-state index in [0.29, 0.717) is 6.42 Å². The lowest BCUT2D eigenvalue weighted by Crippen LogP contribution is -2.21. The molecule has 0 aromatic heterocycles. The number of hydrogen-bond donors (Lipinski definition) is 0. The molecule has 1 aromatic carbocycles. The van der Waals surface area contributed by atoms with Crippen molar-refractivity contribution in [2.75, 3.05) is 7.11 Å². The number of benzene rings is 1. The van der Waals surface area contributed by atoms with Crippen molar-refractivity contribution in [3.05, 3.63) is 35.9 Å². The first-order valence-corrected chi connectivity index (χ1v) is 5.89. The third-order valence-corrected chi connectivity index (χ3v) is 2.55. The standard InChI is InChI=1S/C14H18O4/c1-11(15)18-13(10-14(16)17-2)9-8-12-6-4-3-5-7-12/h3-7,13H,8-10H2,1-2H3/t13-/m0/s1. The van der Waals surface area contributed by atoms with Crippen molar-refractivity contribution in [2.45, 2.75) is 32.3 Å². The Morgan fingerprint density at radius 1 is 1.22 bits per heavy atom. The summed E-state index contributed by atoms with van der Waals surface area (Å²) in [6, 6.07) is 9.86. The lowest BCUT2D eigenvalue weighted by atomic mass is 10.1. The molecule has 0 saturated carbocycles. The second-order valence-electron chi connectivity index (χ2n) is 4.04. The van der Waals surface area contributed by atoms with E-state index >= 15 is 0 Å². The van der Waals surface area contributed by atoms with Gasteiger partial charge in [0.05, 0.1) is 13.5 Å². The van der Waals surface area contributed by atoms with Crippen molar-refractivity contribution in [1.29, 1.82) is 0 Å². The summed E-state index contributed by atoms with van der Waals surface area (Å²) in [4.78, 5) is 22.2. The zero-order chi connectivity index (χ0) is 13.4. The Bertz CT molecular complexity index is 386. The molecule has 1 aromatic rings. The molecule has 4 nitrogen and oxygen atoms in total. The van der Waals surface area contributed by atoms with E-state index in [4.69, 9.17) is 4.74 Å². The van der Waals surface area contributed by atoms with Gasteiger partial charge in [0.15, 0.2) is 0 Å². The van der Waals surface area contributed by atoms with Gasteiger partial charge in [-0.3, -0.25) is 9.59 Å². The van der Waals surface area contributed by atoms with Crippen LogP contribution in [0.4, 0.5) is 0 Å². The molecular weight excluding hydrogens is 232 g/mol. The van der Waals surface area contributed by atoms with Crippen LogP contribution in [0.3, 0.4) is 0 Å².